The monoisotopic (exact) mass is 228 g/mol. The van der Waals surface area contributed by atoms with Crippen molar-refractivity contribution in [2.24, 2.45) is 5.92 Å². The lowest BCUT2D eigenvalue weighted by molar-refractivity contribution is -0.0861. The number of hydrogen-bond donors (Lipinski definition) is 3. The van der Waals surface area contributed by atoms with E-state index in [-0.39, 0.29) is 12.5 Å². The summed E-state index contributed by atoms with van der Waals surface area (Å²) in [6.07, 6.45) is 0.731. The van der Waals surface area contributed by atoms with Crippen molar-refractivity contribution in [3.8, 4) is 6.07 Å². The maximum absolute atomic E-state index is 9.60. The number of aliphatic hydroxyl groups excluding tert-OH is 3. The molecule has 1 aliphatic heterocycles. The summed E-state index contributed by atoms with van der Waals surface area (Å²) in [6, 6.07) is 2.09. The first-order chi connectivity index (χ1) is 7.69. The molecule has 1 saturated heterocycles. The molecule has 0 bridgehead atoms. The average molecular weight is 228 g/mol. The highest BCUT2D eigenvalue weighted by Crippen LogP contribution is 2.17. The Balaban J connectivity index is 2.30. The van der Waals surface area contributed by atoms with E-state index in [4.69, 9.17) is 10.4 Å². The van der Waals surface area contributed by atoms with Gasteiger partial charge in [0.2, 0.25) is 0 Å². The van der Waals surface area contributed by atoms with Gasteiger partial charge in [-0.2, -0.15) is 5.26 Å². The van der Waals surface area contributed by atoms with Gasteiger partial charge in [0.25, 0.3) is 0 Å². The van der Waals surface area contributed by atoms with Gasteiger partial charge in [-0.1, -0.05) is 0 Å². The lowest BCUT2D eigenvalue weighted by Crippen LogP contribution is -2.53. The average Bonchev–Trinajstić information content (AvgIpc) is 2.29. The van der Waals surface area contributed by atoms with E-state index in [0.29, 0.717) is 19.5 Å². The van der Waals surface area contributed by atoms with E-state index in [1.807, 2.05) is 4.90 Å². The van der Waals surface area contributed by atoms with E-state index in [1.54, 1.807) is 0 Å². The zero-order valence-corrected chi connectivity index (χ0v) is 9.42. The molecule has 1 aliphatic rings. The van der Waals surface area contributed by atoms with Gasteiger partial charge in [0.05, 0.1) is 18.3 Å². The molecule has 1 heterocycles. The molecule has 0 aromatic carbocycles. The van der Waals surface area contributed by atoms with Crippen LogP contribution in [0.25, 0.3) is 0 Å². The largest absolute Gasteiger partial charge is 0.396 e. The van der Waals surface area contributed by atoms with Crippen LogP contribution in [0, 0.1) is 17.2 Å². The van der Waals surface area contributed by atoms with Crippen LogP contribution in [0.4, 0.5) is 0 Å². The second kappa shape index (κ2) is 6.81. The van der Waals surface area contributed by atoms with Gasteiger partial charge in [-0.25, -0.2) is 0 Å². The Kier molecular flexibility index (Phi) is 5.71. The minimum absolute atomic E-state index is 0.104. The van der Waals surface area contributed by atoms with Gasteiger partial charge in [-0.05, 0) is 19.4 Å². The smallest absolute Gasteiger partial charge is 0.0929 e. The third-order valence-electron chi connectivity index (χ3n) is 3.06. The van der Waals surface area contributed by atoms with Crippen molar-refractivity contribution >= 4 is 0 Å². The van der Waals surface area contributed by atoms with Crippen LogP contribution in [-0.4, -0.2) is 58.7 Å². The highest BCUT2D eigenvalue weighted by Gasteiger charge is 2.33. The summed E-state index contributed by atoms with van der Waals surface area (Å²) in [4.78, 5) is 2.04. The predicted molar refractivity (Wildman–Crippen MR) is 58.5 cm³/mol. The highest BCUT2D eigenvalue weighted by atomic mass is 16.3. The van der Waals surface area contributed by atoms with Gasteiger partial charge in [-0.3, -0.25) is 0 Å². The number of β-amino-alcohol motifs (C(OH)–C–C–N with tert-alkyl or cyclic N) is 1. The zero-order valence-electron chi connectivity index (χ0n) is 9.42. The number of nitriles is 1. The van der Waals surface area contributed by atoms with Crippen molar-refractivity contribution in [3.05, 3.63) is 0 Å². The molecule has 5 nitrogen and oxygen atoms in total. The molecule has 0 radical (unpaired) electrons. The molecule has 0 spiro atoms. The van der Waals surface area contributed by atoms with Gasteiger partial charge in [-0.15, -0.1) is 0 Å². The van der Waals surface area contributed by atoms with Crippen molar-refractivity contribution < 1.29 is 15.3 Å². The third-order valence-corrected chi connectivity index (χ3v) is 3.06. The van der Waals surface area contributed by atoms with Crippen LogP contribution >= 0.6 is 0 Å². The molecule has 3 N–H and O–H groups in total. The second-order valence-corrected chi connectivity index (χ2v) is 4.38. The fourth-order valence-electron chi connectivity index (χ4n) is 2.09. The minimum Gasteiger partial charge on any atom is -0.396 e. The molecule has 92 valence electrons. The molecular formula is C11H20N2O3. The normalized spacial score (nSPS) is 31.2. The number of nitrogens with zero attached hydrogens (tertiary/aromatic N) is 2. The Morgan fingerprint density at radius 2 is 2.00 bits per heavy atom. The molecule has 0 aromatic rings. The van der Waals surface area contributed by atoms with Crippen LogP contribution in [0.5, 0.6) is 0 Å². The van der Waals surface area contributed by atoms with E-state index in [0.717, 1.165) is 19.4 Å². The van der Waals surface area contributed by atoms with E-state index >= 15 is 0 Å². The fraction of sp³-hybridized carbons (Fsp3) is 0.909. The van der Waals surface area contributed by atoms with Crippen LogP contribution in [0.2, 0.25) is 0 Å². The quantitative estimate of drug-likeness (QED) is 0.543. The van der Waals surface area contributed by atoms with Crippen molar-refractivity contribution in [1.82, 2.24) is 4.90 Å². The summed E-state index contributed by atoms with van der Waals surface area (Å²) in [7, 11) is 0. The molecule has 16 heavy (non-hydrogen) atoms. The SMILES string of the molecule is N#CCCCCN1CC(O)C(O)C(CO)C1. The van der Waals surface area contributed by atoms with E-state index in [2.05, 4.69) is 6.07 Å². The first-order valence-electron chi connectivity index (χ1n) is 5.75. The number of hydrogen-bond acceptors (Lipinski definition) is 5. The molecule has 0 saturated carbocycles. The molecule has 5 heteroatoms. The van der Waals surface area contributed by atoms with Crippen LogP contribution in [0.15, 0.2) is 0 Å². The van der Waals surface area contributed by atoms with Gasteiger partial charge in [0.15, 0.2) is 0 Å². The Hall–Kier alpha value is -0.670. The molecular weight excluding hydrogens is 208 g/mol. The van der Waals surface area contributed by atoms with Crippen LogP contribution in [0.3, 0.4) is 0 Å². The maximum atomic E-state index is 9.60. The Bertz CT molecular complexity index is 242. The summed E-state index contributed by atoms with van der Waals surface area (Å²) in [6.45, 7) is 1.76. The highest BCUT2D eigenvalue weighted by molar-refractivity contribution is 4.86. The number of likely N-dealkylation sites (tertiary alicyclic amines) is 1. The standard InChI is InChI=1S/C11H20N2O3/c12-4-2-1-3-5-13-6-9(8-14)11(16)10(15)7-13/h9-11,14-16H,1-3,5-8H2. The molecule has 0 aliphatic carbocycles. The van der Waals surface area contributed by atoms with Gasteiger partial charge < -0.3 is 20.2 Å². The molecule has 3 unspecified atom stereocenters. The van der Waals surface area contributed by atoms with Crippen LogP contribution in [0.1, 0.15) is 19.3 Å². The number of piperidine rings is 1. The van der Waals surface area contributed by atoms with E-state index in [9.17, 15) is 10.2 Å². The number of unbranched alkanes of at least 4 members (excludes halogenated alkanes) is 2. The van der Waals surface area contributed by atoms with Gasteiger partial charge in [0.1, 0.15) is 0 Å². The van der Waals surface area contributed by atoms with Crippen LogP contribution < -0.4 is 0 Å². The Labute approximate surface area is 95.9 Å². The number of rotatable bonds is 5. The summed E-state index contributed by atoms with van der Waals surface area (Å²) in [5.74, 6) is -0.264. The lowest BCUT2D eigenvalue weighted by Gasteiger charge is -2.38. The molecule has 1 rings (SSSR count). The predicted octanol–water partition coefficient (Wildman–Crippen LogP) is -0.674. The second-order valence-electron chi connectivity index (χ2n) is 4.38. The van der Waals surface area contributed by atoms with Crippen LogP contribution in [-0.2, 0) is 0 Å². The Morgan fingerprint density at radius 1 is 1.25 bits per heavy atom. The first-order valence-corrected chi connectivity index (χ1v) is 5.75. The van der Waals surface area contributed by atoms with E-state index in [1.165, 1.54) is 0 Å². The molecule has 1 fully saturated rings. The van der Waals surface area contributed by atoms with Crippen molar-refractivity contribution in [1.29, 1.82) is 5.26 Å². The third kappa shape index (κ3) is 3.72. The first kappa shape index (κ1) is 13.4. The van der Waals surface area contributed by atoms with Crippen molar-refractivity contribution in [2.45, 2.75) is 31.5 Å². The topological polar surface area (TPSA) is 87.7 Å². The summed E-state index contributed by atoms with van der Waals surface area (Å²) < 4.78 is 0. The molecule has 3 atom stereocenters. The summed E-state index contributed by atoms with van der Waals surface area (Å²) in [5.41, 5.74) is 0. The van der Waals surface area contributed by atoms with Gasteiger partial charge >= 0.3 is 0 Å². The summed E-state index contributed by atoms with van der Waals surface area (Å²) >= 11 is 0. The van der Waals surface area contributed by atoms with Crippen molar-refractivity contribution in [3.63, 3.8) is 0 Å². The lowest BCUT2D eigenvalue weighted by atomic mass is 9.93. The van der Waals surface area contributed by atoms with E-state index < -0.39 is 12.2 Å². The number of aliphatic hydroxyl groups is 3. The summed E-state index contributed by atoms with van der Waals surface area (Å²) in [5, 5.41) is 36.6. The fourth-order valence-corrected chi connectivity index (χ4v) is 2.09. The van der Waals surface area contributed by atoms with Gasteiger partial charge in [0, 0.05) is 32.0 Å². The molecule has 0 aromatic heterocycles. The molecule has 0 amide bonds. The van der Waals surface area contributed by atoms with Crippen molar-refractivity contribution in [2.75, 3.05) is 26.2 Å². The Morgan fingerprint density at radius 3 is 2.62 bits per heavy atom. The zero-order chi connectivity index (χ0) is 12.0. The minimum atomic E-state index is -0.819. The maximum Gasteiger partial charge on any atom is 0.0929 e.